The molecule has 0 saturated heterocycles. The Labute approximate surface area is 187 Å². The van der Waals surface area contributed by atoms with Crippen LogP contribution in [-0.4, -0.2) is 40.9 Å². The molecule has 1 atom stereocenters. The second-order valence-electron chi connectivity index (χ2n) is 8.53. The van der Waals surface area contributed by atoms with Gasteiger partial charge in [-0.25, -0.2) is 0 Å². The highest BCUT2D eigenvalue weighted by molar-refractivity contribution is 6.38. The molecule has 0 saturated carbocycles. The molecule has 3 aromatic rings. The standard InChI is InChI=1S/C26H28N4O2/c1-3-29(4-2)15-17-14-21-22(19-12-8-9-13-20(19)30(21)16-17)23-24(26(32)28-25(23)31)27-18-10-6-5-7-11-18/h5-13,17H,3-4,14-16H2,1-2H3,(H2,27,28,31,32)/t17-/m1/s1. The molecule has 32 heavy (non-hydrogen) atoms. The maximum atomic E-state index is 13.0. The molecule has 2 N–H and O–H groups in total. The molecule has 1 aromatic heterocycles. The van der Waals surface area contributed by atoms with E-state index in [0.717, 1.165) is 60.4 Å². The number of hydrogen-bond donors (Lipinski definition) is 2. The maximum absolute atomic E-state index is 13.0. The average Bonchev–Trinajstić information content (AvgIpc) is 3.43. The summed E-state index contributed by atoms with van der Waals surface area (Å²) in [5, 5.41) is 6.74. The highest BCUT2D eigenvalue weighted by atomic mass is 16.2. The Balaban J connectivity index is 1.63. The number of amides is 2. The van der Waals surface area contributed by atoms with Crippen LogP contribution in [0.2, 0.25) is 0 Å². The topological polar surface area (TPSA) is 66.4 Å². The number of rotatable bonds is 7. The van der Waals surface area contributed by atoms with Crippen molar-refractivity contribution in [2.75, 3.05) is 25.0 Å². The summed E-state index contributed by atoms with van der Waals surface area (Å²) in [5.74, 6) is -0.227. The summed E-state index contributed by atoms with van der Waals surface area (Å²) in [6.07, 6.45) is 0.893. The molecular formula is C26H28N4O2. The summed E-state index contributed by atoms with van der Waals surface area (Å²) < 4.78 is 2.35. The van der Waals surface area contributed by atoms with E-state index < -0.39 is 0 Å². The van der Waals surface area contributed by atoms with Gasteiger partial charge in [0.1, 0.15) is 5.70 Å². The average molecular weight is 429 g/mol. The summed E-state index contributed by atoms with van der Waals surface area (Å²) in [6, 6.07) is 17.7. The minimum atomic E-state index is -0.379. The van der Waals surface area contributed by atoms with E-state index in [4.69, 9.17) is 0 Å². The number of nitrogens with zero attached hydrogens (tertiary/aromatic N) is 2. The van der Waals surface area contributed by atoms with Crippen molar-refractivity contribution in [3.8, 4) is 0 Å². The third-order valence-corrected chi connectivity index (χ3v) is 6.64. The molecule has 0 bridgehead atoms. The zero-order chi connectivity index (χ0) is 22.2. The lowest BCUT2D eigenvalue weighted by atomic mass is 9.96. The zero-order valence-electron chi connectivity index (χ0n) is 18.5. The van der Waals surface area contributed by atoms with Crippen LogP contribution < -0.4 is 10.6 Å². The summed E-state index contributed by atoms with van der Waals surface area (Å²) in [4.78, 5) is 28.2. The first-order chi connectivity index (χ1) is 15.6. The van der Waals surface area contributed by atoms with Crippen LogP contribution in [-0.2, 0) is 22.6 Å². The second kappa shape index (κ2) is 8.28. The molecule has 0 fully saturated rings. The predicted octanol–water partition coefficient (Wildman–Crippen LogP) is 3.64. The lowest BCUT2D eigenvalue weighted by Crippen LogP contribution is -2.30. The molecule has 5 rings (SSSR count). The van der Waals surface area contributed by atoms with E-state index in [1.54, 1.807) is 0 Å². The van der Waals surface area contributed by atoms with Crippen LogP contribution in [0.25, 0.3) is 16.5 Å². The summed E-state index contributed by atoms with van der Waals surface area (Å²) in [7, 11) is 0. The number of imide groups is 1. The van der Waals surface area contributed by atoms with E-state index in [-0.39, 0.29) is 11.8 Å². The van der Waals surface area contributed by atoms with Crippen LogP contribution in [0, 0.1) is 5.92 Å². The van der Waals surface area contributed by atoms with Gasteiger partial charge in [0.15, 0.2) is 0 Å². The van der Waals surface area contributed by atoms with Crippen LogP contribution >= 0.6 is 0 Å². The predicted molar refractivity (Wildman–Crippen MR) is 127 cm³/mol. The number of fused-ring (bicyclic) bond motifs is 3. The van der Waals surface area contributed by atoms with Gasteiger partial charge < -0.3 is 14.8 Å². The number of hydrogen-bond acceptors (Lipinski definition) is 4. The highest BCUT2D eigenvalue weighted by Crippen LogP contribution is 2.40. The van der Waals surface area contributed by atoms with E-state index >= 15 is 0 Å². The molecule has 6 nitrogen and oxygen atoms in total. The quantitative estimate of drug-likeness (QED) is 0.564. The minimum Gasteiger partial charge on any atom is -0.350 e. The number of aromatic nitrogens is 1. The second-order valence-corrected chi connectivity index (χ2v) is 8.53. The van der Waals surface area contributed by atoms with Crippen LogP contribution in [0.3, 0.4) is 0 Å². The van der Waals surface area contributed by atoms with Crippen molar-refractivity contribution in [1.82, 2.24) is 14.8 Å². The van der Waals surface area contributed by atoms with Crippen molar-refractivity contribution < 1.29 is 9.59 Å². The third kappa shape index (κ3) is 3.41. The monoisotopic (exact) mass is 428 g/mol. The first-order valence-corrected chi connectivity index (χ1v) is 11.4. The largest absolute Gasteiger partial charge is 0.350 e. The van der Waals surface area contributed by atoms with Gasteiger partial charge in [0, 0.05) is 40.9 Å². The van der Waals surface area contributed by atoms with Crippen molar-refractivity contribution in [2.45, 2.75) is 26.8 Å². The van der Waals surface area contributed by atoms with E-state index in [1.807, 2.05) is 42.5 Å². The summed E-state index contributed by atoms with van der Waals surface area (Å²) >= 11 is 0. The number of anilines is 1. The molecule has 3 heterocycles. The van der Waals surface area contributed by atoms with Gasteiger partial charge in [0.05, 0.1) is 5.57 Å². The van der Waals surface area contributed by atoms with Crippen molar-refractivity contribution in [3.63, 3.8) is 0 Å². The summed E-state index contributed by atoms with van der Waals surface area (Å²) in [6.45, 7) is 8.41. The molecule has 0 unspecified atom stereocenters. The number of para-hydroxylation sites is 2. The Morgan fingerprint density at radius 2 is 1.72 bits per heavy atom. The van der Waals surface area contributed by atoms with Crippen molar-refractivity contribution in [2.24, 2.45) is 5.92 Å². The lowest BCUT2D eigenvalue weighted by molar-refractivity contribution is -0.123. The van der Waals surface area contributed by atoms with Gasteiger partial charge in [-0.05, 0) is 43.6 Å². The highest BCUT2D eigenvalue weighted by Gasteiger charge is 2.37. The molecule has 2 aliphatic heterocycles. The molecule has 0 radical (unpaired) electrons. The van der Waals surface area contributed by atoms with Gasteiger partial charge in [0.2, 0.25) is 0 Å². The van der Waals surface area contributed by atoms with Gasteiger partial charge in [0.25, 0.3) is 11.8 Å². The number of nitrogens with one attached hydrogen (secondary N) is 2. The van der Waals surface area contributed by atoms with Gasteiger partial charge in [-0.15, -0.1) is 0 Å². The van der Waals surface area contributed by atoms with Gasteiger partial charge in [-0.3, -0.25) is 14.9 Å². The molecule has 2 aromatic carbocycles. The molecule has 0 spiro atoms. The molecule has 6 heteroatoms. The van der Waals surface area contributed by atoms with Crippen molar-refractivity contribution in [1.29, 1.82) is 0 Å². The fourth-order valence-electron chi connectivity index (χ4n) is 5.10. The molecule has 2 amide bonds. The van der Waals surface area contributed by atoms with E-state index in [0.29, 0.717) is 17.2 Å². The fourth-order valence-corrected chi connectivity index (χ4v) is 5.10. The zero-order valence-corrected chi connectivity index (χ0v) is 18.5. The third-order valence-electron chi connectivity index (χ3n) is 6.64. The molecular weight excluding hydrogens is 400 g/mol. The molecule has 0 aliphatic carbocycles. The normalized spacial score (nSPS) is 18.0. The smallest absolute Gasteiger partial charge is 0.275 e. The van der Waals surface area contributed by atoms with Gasteiger partial charge in [-0.2, -0.15) is 0 Å². The van der Waals surface area contributed by atoms with Gasteiger partial charge >= 0.3 is 0 Å². The lowest BCUT2D eigenvalue weighted by Gasteiger charge is -2.22. The Hall–Kier alpha value is -3.38. The first-order valence-electron chi connectivity index (χ1n) is 11.4. The van der Waals surface area contributed by atoms with Crippen LogP contribution in [0.1, 0.15) is 25.1 Å². The number of carbonyl (C=O) groups is 2. The Kier molecular flexibility index (Phi) is 5.31. The first kappa shape index (κ1) is 20.5. The Morgan fingerprint density at radius 1 is 1.00 bits per heavy atom. The van der Waals surface area contributed by atoms with E-state index in [2.05, 4.69) is 46.1 Å². The Bertz CT molecular complexity index is 1220. The van der Waals surface area contributed by atoms with Crippen LogP contribution in [0.15, 0.2) is 60.3 Å². The SMILES string of the molecule is CCN(CC)C[C@H]1Cc2c(C3=C(Nc4ccccc4)C(=O)NC3=O)c3ccccc3n2C1. The van der Waals surface area contributed by atoms with E-state index in [1.165, 1.54) is 0 Å². The van der Waals surface area contributed by atoms with E-state index in [9.17, 15) is 9.59 Å². The van der Waals surface area contributed by atoms with Crippen molar-refractivity contribution in [3.05, 3.63) is 71.6 Å². The molecule has 2 aliphatic rings. The van der Waals surface area contributed by atoms with Crippen LogP contribution in [0.4, 0.5) is 5.69 Å². The van der Waals surface area contributed by atoms with Crippen molar-refractivity contribution >= 4 is 34.0 Å². The number of benzene rings is 2. The Morgan fingerprint density at radius 3 is 2.47 bits per heavy atom. The maximum Gasteiger partial charge on any atom is 0.275 e. The fraction of sp³-hybridized carbons (Fsp3) is 0.308. The van der Waals surface area contributed by atoms with Crippen LogP contribution in [0.5, 0.6) is 0 Å². The number of carbonyl (C=O) groups excluding carboxylic acids is 2. The van der Waals surface area contributed by atoms with Gasteiger partial charge in [-0.1, -0.05) is 50.2 Å². The molecule has 164 valence electrons. The summed E-state index contributed by atoms with van der Waals surface area (Å²) in [5.41, 5.74) is 4.72. The minimum absolute atomic E-state index is 0.326.